The van der Waals surface area contributed by atoms with E-state index in [0.29, 0.717) is 0 Å². The van der Waals surface area contributed by atoms with Crippen LogP contribution >= 0.6 is 0 Å². The summed E-state index contributed by atoms with van der Waals surface area (Å²) >= 11 is 0. The normalized spacial score (nSPS) is 12.5. The number of amides is 2. The molecule has 122 valence electrons. The molecule has 0 heterocycles. The molecule has 2 N–H and O–H groups in total. The first-order valence-corrected chi connectivity index (χ1v) is 6.91. The van der Waals surface area contributed by atoms with E-state index in [4.69, 9.17) is 4.74 Å². The maximum atomic E-state index is 11.7. The number of esters is 1. The zero-order valence-corrected chi connectivity index (χ0v) is 13.6. The van der Waals surface area contributed by atoms with Crippen molar-refractivity contribution < 1.29 is 23.9 Å². The Labute approximate surface area is 125 Å². The number of methoxy groups -OCH3 is 1. The van der Waals surface area contributed by atoms with Crippen LogP contribution in [0, 0.1) is 5.92 Å². The summed E-state index contributed by atoms with van der Waals surface area (Å²) in [5.41, 5.74) is -0.583. The Morgan fingerprint density at radius 1 is 1.14 bits per heavy atom. The molecule has 0 spiro atoms. The summed E-state index contributed by atoms with van der Waals surface area (Å²) in [6, 6.07) is -0.691. The summed E-state index contributed by atoms with van der Waals surface area (Å²) < 4.78 is 9.67. The molecule has 0 saturated carbocycles. The van der Waals surface area contributed by atoms with Crippen molar-refractivity contribution in [3.05, 3.63) is 0 Å². The van der Waals surface area contributed by atoms with Crippen molar-refractivity contribution in [2.24, 2.45) is 5.92 Å². The van der Waals surface area contributed by atoms with E-state index >= 15 is 0 Å². The van der Waals surface area contributed by atoms with Crippen LogP contribution in [0.25, 0.3) is 0 Å². The second-order valence-corrected chi connectivity index (χ2v) is 5.99. The highest BCUT2D eigenvalue weighted by atomic mass is 16.6. The Morgan fingerprint density at radius 3 is 2.14 bits per heavy atom. The summed E-state index contributed by atoms with van der Waals surface area (Å²) in [6.45, 7) is 9.00. The van der Waals surface area contributed by atoms with Crippen LogP contribution in [-0.2, 0) is 19.1 Å². The third kappa shape index (κ3) is 8.88. The van der Waals surface area contributed by atoms with E-state index < -0.39 is 23.7 Å². The smallest absolute Gasteiger partial charge is 0.407 e. The highest BCUT2D eigenvalue weighted by Gasteiger charge is 2.24. The van der Waals surface area contributed by atoms with Gasteiger partial charge in [-0.25, -0.2) is 9.59 Å². The molecule has 0 radical (unpaired) electrons. The third-order valence-corrected chi connectivity index (χ3v) is 2.46. The van der Waals surface area contributed by atoms with Crippen LogP contribution in [0.2, 0.25) is 0 Å². The van der Waals surface area contributed by atoms with Crippen molar-refractivity contribution in [3.63, 3.8) is 0 Å². The number of alkyl carbamates (subject to hydrolysis) is 1. The first-order valence-electron chi connectivity index (χ1n) is 6.91. The average molecular weight is 302 g/mol. The maximum absolute atomic E-state index is 11.7. The monoisotopic (exact) mass is 302 g/mol. The lowest BCUT2D eigenvalue weighted by Crippen LogP contribution is -2.45. The number of rotatable bonds is 6. The Hall–Kier alpha value is -1.79. The zero-order valence-electron chi connectivity index (χ0n) is 13.6. The topological polar surface area (TPSA) is 93.7 Å². The number of hydrogen-bond donors (Lipinski definition) is 2. The maximum Gasteiger partial charge on any atom is 0.407 e. The zero-order chi connectivity index (χ0) is 16.6. The molecule has 0 bridgehead atoms. The molecule has 7 nitrogen and oxygen atoms in total. The Morgan fingerprint density at radius 2 is 1.71 bits per heavy atom. The van der Waals surface area contributed by atoms with Crippen molar-refractivity contribution in [2.75, 3.05) is 13.7 Å². The van der Waals surface area contributed by atoms with Crippen LogP contribution < -0.4 is 10.6 Å². The average Bonchev–Trinajstić information content (AvgIpc) is 2.32. The predicted octanol–water partition coefficient (Wildman–Crippen LogP) is 1.21. The molecular formula is C14H26N2O5. The number of ether oxygens (including phenoxy) is 2. The van der Waals surface area contributed by atoms with E-state index in [-0.39, 0.29) is 24.8 Å². The van der Waals surface area contributed by atoms with E-state index in [1.165, 1.54) is 7.11 Å². The van der Waals surface area contributed by atoms with Crippen LogP contribution in [0.1, 0.15) is 41.0 Å². The molecule has 0 aliphatic carbocycles. The summed E-state index contributed by atoms with van der Waals surface area (Å²) in [4.78, 5) is 34.6. The van der Waals surface area contributed by atoms with Gasteiger partial charge >= 0.3 is 12.1 Å². The Balaban J connectivity index is 4.15. The van der Waals surface area contributed by atoms with Crippen LogP contribution in [0.5, 0.6) is 0 Å². The van der Waals surface area contributed by atoms with Gasteiger partial charge in [-0.05, 0) is 26.7 Å². The SMILES string of the molecule is COC(=O)[C@@H](NC(=O)CCNC(=O)OC(C)(C)C)C(C)C. The van der Waals surface area contributed by atoms with Gasteiger partial charge in [0.25, 0.3) is 0 Å². The highest BCUT2D eigenvalue weighted by molar-refractivity contribution is 5.84. The summed E-state index contributed by atoms with van der Waals surface area (Å²) in [7, 11) is 1.27. The van der Waals surface area contributed by atoms with E-state index in [1.807, 2.05) is 0 Å². The fourth-order valence-corrected chi connectivity index (χ4v) is 1.46. The third-order valence-electron chi connectivity index (χ3n) is 2.46. The van der Waals surface area contributed by atoms with Gasteiger partial charge in [0.05, 0.1) is 7.11 Å². The minimum atomic E-state index is -0.691. The lowest BCUT2D eigenvalue weighted by atomic mass is 10.0. The van der Waals surface area contributed by atoms with Gasteiger partial charge in [0, 0.05) is 13.0 Å². The highest BCUT2D eigenvalue weighted by Crippen LogP contribution is 2.06. The molecule has 0 unspecified atom stereocenters. The van der Waals surface area contributed by atoms with E-state index in [1.54, 1.807) is 34.6 Å². The lowest BCUT2D eigenvalue weighted by Gasteiger charge is -2.21. The van der Waals surface area contributed by atoms with Gasteiger partial charge in [-0.2, -0.15) is 0 Å². The molecule has 1 atom stereocenters. The molecule has 0 aromatic carbocycles. The van der Waals surface area contributed by atoms with Crippen molar-refractivity contribution in [1.29, 1.82) is 0 Å². The van der Waals surface area contributed by atoms with E-state index in [2.05, 4.69) is 15.4 Å². The quantitative estimate of drug-likeness (QED) is 0.719. The second-order valence-electron chi connectivity index (χ2n) is 5.99. The van der Waals surface area contributed by atoms with Crippen LogP contribution in [-0.4, -0.2) is 43.3 Å². The Kier molecular flexibility index (Phi) is 7.76. The van der Waals surface area contributed by atoms with Gasteiger partial charge in [-0.3, -0.25) is 4.79 Å². The van der Waals surface area contributed by atoms with Crippen molar-refractivity contribution in [3.8, 4) is 0 Å². The van der Waals surface area contributed by atoms with Gasteiger partial charge < -0.3 is 20.1 Å². The molecule has 0 aliphatic rings. The van der Waals surface area contributed by atoms with Gasteiger partial charge in [0.15, 0.2) is 0 Å². The largest absolute Gasteiger partial charge is 0.467 e. The molecular weight excluding hydrogens is 276 g/mol. The fourth-order valence-electron chi connectivity index (χ4n) is 1.46. The first kappa shape index (κ1) is 19.2. The molecule has 0 aliphatic heterocycles. The number of nitrogens with one attached hydrogen (secondary N) is 2. The molecule has 2 amide bonds. The predicted molar refractivity (Wildman–Crippen MR) is 77.6 cm³/mol. The molecule has 0 fully saturated rings. The molecule has 0 saturated heterocycles. The van der Waals surface area contributed by atoms with Crippen molar-refractivity contribution in [2.45, 2.75) is 52.7 Å². The van der Waals surface area contributed by atoms with E-state index in [9.17, 15) is 14.4 Å². The first-order chi connectivity index (χ1) is 9.56. The summed E-state index contributed by atoms with van der Waals surface area (Å²) in [5, 5.41) is 5.06. The molecule has 0 aromatic rings. The van der Waals surface area contributed by atoms with Gasteiger partial charge in [0.2, 0.25) is 5.91 Å². The van der Waals surface area contributed by atoms with Gasteiger partial charge in [0.1, 0.15) is 11.6 Å². The summed E-state index contributed by atoms with van der Waals surface area (Å²) in [5.74, 6) is -0.908. The Bertz CT molecular complexity index is 374. The van der Waals surface area contributed by atoms with Gasteiger partial charge in [-0.15, -0.1) is 0 Å². The van der Waals surface area contributed by atoms with Crippen molar-refractivity contribution in [1.82, 2.24) is 10.6 Å². The van der Waals surface area contributed by atoms with E-state index in [0.717, 1.165) is 0 Å². The van der Waals surface area contributed by atoms with Crippen LogP contribution in [0.3, 0.4) is 0 Å². The number of carbonyl (C=O) groups excluding carboxylic acids is 3. The minimum absolute atomic E-state index is 0.0550. The second kappa shape index (κ2) is 8.49. The van der Waals surface area contributed by atoms with Gasteiger partial charge in [-0.1, -0.05) is 13.8 Å². The number of carbonyl (C=O) groups is 3. The molecule has 0 aromatic heterocycles. The molecule has 21 heavy (non-hydrogen) atoms. The summed E-state index contributed by atoms with van der Waals surface area (Å²) in [6.07, 6.45) is -0.525. The minimum Gasteiger partial charge on any atom is -0.467 e. The fraction of sp³-hybridized carbons (Fsp3) is 0.786. The lowest BCUT2D eigenvalue weighted by molar-refractivity contribution is -0.146. The van der Waals surface area contributed by atoms with Crippen molar-refractivity contribution >= 4 is 18.0 Å². The standard InChI is InChI=1S/C14H26N2O5/c1-9(2)11(12(18)20-6)16-10(17)7-8-15-13(19)21-14(3,4)5/h9,11H,7-8H2,1-6H3,(H,15,19)(H,16,17)/t11-/m0/s1. The van der Waals surface area contributed by atoms with Crippen LogP contribution in [0.15, 0.2) is 0 Å². The molecule has 0 rings (SSSR count). The number of hydrogen-bond acceptors (Lipinski definition) is 5. The molecule has 7 heteroatoms. The van der Waals surface area contributed by atoms with Crippen LogP contribution in [0.4, 0.5) is 4.79 Å².